The number of amides is 2. The fourth-order valence-corrected chi connectivity index (χ4v) is 6.93. The Balaban J connectivity index is 1.27. The van der Waals surface area contributed by atoms with Gasteiger partial charge in [0.1, 0.15) is 10.6 Å². The van der Waals surface area contributed by atoms with Crippen LogP contribution in [0.3, 0.4) is 0 Å². The molecule has 9 nitrogen and oxygen atoms in total. The second-order valence-electron chi connectivity index (χ2n) is 11.8. The highest BCUT2D eigenvalue weighted by molar-refractivity contribution is 7.20. The molecule has 11 heteroatoms. The average molecular weight is 656 g/mol. The van der Waals surface area contributed by atoms with Crippen LogP contribution in [-0.4, -0.2) is 45.7 Å². The molecule has 3 aromatic carbocycles. The van der Waals surface area contributed by atoms with Crippen LogP contribution >= 0.6 is 22.9 Å². The average Bonchev–Trinajstić information content (AvgIpc) is 3.63. The zero-order chi connectivity index (χ0) is 32.3. The van der Waals surface area contributed by atoms with Crippen molar-refractivity contribution in [1.82, 2.24) is 20.0 Å². The molecule has 1 saturated heterocycles. The fourth-order valence-electron chi connectivity index (χ4n) is 5.57. The van der Waals surface area contributed by atoms with Gasteiger partial charge in [-0.15, -0.1) is 16.4 Å². The number of anilines is 1. The molecular formula is C35H34ClN5O4S. The quantitative estimate of drug-likeness (QED) is 0.177. The Morgan fingerprint density at radius 2 is 1.61 bits per heavy atom. The number of rotatable bonds is 8. The summed E-state index contributed by atoms with van der Waals surface area (Å²) in [5.74, 6) is -0.273. The lowest BCUT2D eigenvalue weighted by Crippen LogP contribution is -2.40. The first-order valence-corrected chi connectivity index (χ1v) is 16.4. The van der Waals surface area contributed by atoms with E-state index in [1.54, 1.807) is 48.5 Å². The number of halogens is 1. The van der Waals surface area contributed by atoms with Crippen molar-refractivity contribution in [2.24, 2.45) is 0 Å². The molecule has 5 aromatic rings. The van der Waals surface area contributed by atoms with Crippen molar-refractivity contribution < 1.29 is 19.1 Å². The van der Waals surface area contributed by atoms with E-state index < -0.39 is 11.6 Å². The summed E-state index contributed by atoms with van der Waals surface area (Å²) < 4.78 is 6.61. The highest BCUT2D eigenvalue weighted by Crippen LogP contribution is 2.34. The Bertz CT molecular complexity index is 1880. The van der Waals surface area contributed by atoms with Crippen molar-refractivity contribution in [2.75, 3.05) is 18.4 Å². The van der Waals surface area contributed by atoms with Crippen LogP contribution in [0.4, 0.5) is 10.6 Å². The molecule has 2 aromatic heterocycles. The number of aromatic nitrogens is 2. The summed E-state index contributed by atoms with van der Waals surface area (Å²) in [6.45, 7) is 6.75. The fraction of sp³-hybridized carbons (Fsp3) is 0.257. The molecule has 0 bridgehead atoms. The van der Waals surface area contributed by atoms with E-state index >= 15 is 0 Å². The van der Waals surface area contributed by atoms with E-state index in [1.165, 1.54) is 19.3 Å². The molecule has 236 valence electrons. The number of hydrogen-bond acceptors (Lipinski definition) is 7. The van der Waals surface area contributed by atoms with E-state index in [1.807, 2.05) is 50.2 Å². The van der Waals surface area contributed by atoms with Crippen LogP contribution < -0.4 is 15.4 Å². The number of hydrogen-bond donors (Lipinski definition) is 2. The van der Waals surface area contributed by atoms with Crippen molar-refractivity contribution in [1.29, 1.82) is 0 Å². The topological polar surface area (TPSA) is 106 Å². The molecule has 1 aliphatic rings. The predicted molar refractivity (Wildman–Crippen MR) is 181 cm³/mol. The smallest absolute Gasteiger partial charge is 0.409 e. The maximum absolute atomic E-state index is 13.5. The number of para-hydroxylation sites is 1. The van der Waals surface area contributed by atoms with Crippen LogP contribution in [0.1, 0.15) is 64.3 Å². The van der Waals surface area contributed by atoms with Gasteiger partial charge in [0.2, 0.25) is 0 Å². The predicted octanol–water partition coefficient (Wildman–Crippen LogP) is 7.70. The van der Waals surface area contributed by atoms with Gasteiger partial charge in [-0.05, 0) is 87.3 Å². The highest BCUT2D eigenvalue weighted by Gasteiger charge is 2.29. The van der Waals surface area contributed by atoms with Crippen LogP contribution in [0.15, 0.2) is 84.9 Å². The first-order valence-electron chi connectivity index (χ1n) is 15.2. The summed E-state index contributed by atoms with van der Waals surface area (Å²) >= 11 is 7.50. The number of ether oxygens (including phenoxy) is 1. The Kier molecular flexibility index (Phi) is 9.21. The lowest BCUT2D eigenvalue weighted by atomic mass is 9.94. The zero-order valence-electron chi connectivity index (χ0n) is 25.6. The van der Waals surface area contributed by atoms with Gasteiger partial charge in [-0.25, -0.2) is 4.79 Å². The first kappa shape index (κ1) is 31.5. The number of nitrogens with one attached hydrogen (secondary N) is 2. The standard InChI is InChI=1S/C35H34ClN5O4S/c1-35(2,27-13-7-8-14-28(27)36)38-32(43)29-21-26-30(39-41(33(26)46-29)34(44)45-25-11-5-3-6-12-25)37-31(42)24-17-15-23(16-18-24)22-40-19-9-4-10-20-40/h3,5-8,11-18,21H,4,9-10,19-20,22H2,1-2H3,(H,38,43)(H,37,39,42). The molecule has 1 fully saturated rings. The van der Waals surface area contributed by atoms with Crippen LogP contribution in [0.25, 0.3) is 10.2 Å². The summed E-state index contributed by atoms with van der Waals surface area (Å²) in [7, 11) is 0. The molecule has 0 radical (unpaired) electrons. The molecule has 46 heavy (non-hydrogen) atoms. The monoisotopic (exact) mass is 655 g/mol. The van der Waals surface area contributed by atoms with Gasteiger partial charge >= 0.3 is 6.09 Å². The van der Waals surface area contributed by atoms with Crippen molar-refractivity contribution in [3.63, 3.8) is 0 Å². The second kappa shape index (κ2) is 13.5. The molecule has 0 spiro atoms. The van der Waals surface area contributed by atoms with E-state index in [0.717, 1.165) is 46.8 Å². The maximum atomic E-state index is 13.5. The highest BCUT2D eigenvalue weighted by atomic mass is 35.5. The Morgan fingerprint density at radius 3 is 2.33 bits per heavy atom. The molecule has 0 atom stereocenters. The van der Waals surface area contributed by atoms with Crippen LogP contribution in [0.5, 0.6) is 5.75 Å². The molecule has 0 saturated carbocycles. The summed E-state index contributed by atoms with van der Waals surface area (Å²) in [4.78, 5) is 43.3. The summed E-state index contributed by atoms with van der Waals surface area (Å²) in [6, 6.07) is 25.1. The van der Waals surface area contributed by atoms with E-state index in [0.29, 0.717) is 31.4 Å². The van der Waals surface area contributed by atoms with Crippen LogP contribution in [0.2, 0.25) is 5.02 Å². The third-order valence-corrected chi connectivity index (χ3v) is 9.42. The minimum atomic E-state index is -0.791. The van der Waals surface area contributed by atoms with Gasteiger partial charge in [-0.2, -0.15) is 4.68 Å². The number of thiophene rings is 1. The molecular weight excluding hydrogens is 622 g/mol. The number of carbonyl (C=O) groups is 3. The number of nitrogens with zero attached hydrogens (tertiary/aromatic N) is 3. The number of piperidine rings is 1. The Hall–Kier alpha value is -4.51. The lowest BCUT2D eigenvalue weighted by molar-refractivity contribution is 0.0915. The summed E-state index contributed by atoms with van der Waals surface area (Å²) in [5.41, 5.74) is 1.56. The normalized spacial score (nSPS) is 13.8. The zero-order valence-corrected chi connectivity index (χ0v) is 27.2. The molecule has 0 unspecified atom stereocenters. The Morgan fingerprint density at radius 1 is 0.913 bits per heavy atom. The van der Waals surface area contributed by atoms with Crippen molar-refractivity contribution in [3.8, 4) is 5.75 Å². The van der Waals surface area contributed by atoms with Gasteiger partial charge in [0, 0.05) is 17.1 Å². The summed E-state index contributed by atoms with van der Waals surface area (Å²) in [5, 5.41) is 11.3. The van der Waals surface area contributed by atoms with Crippen LogP contribution in [0, 0.1) is 0 Å². The minimum absolute atomic E-state index is 0.142. The minimum Gasteiger partial charge on any atom is -0.409 e. The largest absolute Gasteiger partial charge is 0.441 e. The SMILES string of the molecule is CC(C)(NC(=O)c1cc2c(NC(=O)c3ccc(CN4CCCCC4)cc3)nn(C(=O)Oc3ccccc3)c2s1)c1ccccc1Cl. The van der Waals surface area contributed by atoms with Gasteiger partial charge in [0.15, 0.2) is 5.82 Å². The molecule has 1 aliphatic heterocycles. The molecule has 2 N–H and O–H groups in total. The van der Waals surface area contributed by atoms with E-state index in [9.17, 15) is 14.4 Å². The number of likely N-dealkylation sites (tertiary alicyclic amines) is 1. The summed E-state index contributed by atoms with van der Waals surface area (Å²) in [6.07, 6.45) is 2.93. The second-order valence-corrected chi connectivity index (χ2v) is 13.3. The first-order chi connectivity index (χ1) is 22.2. The van der Waals surface area contributed by atoms with Gasteiger partial charge in [-0.3, -0.25) is 14.5 Å². The lowest BCUT2D eigenvalue weighted by Gasteiger charge is -2.27. The maximum Gasteiger partial charge on any atom is 0.441 e. The molecule has 6 rings (SSSR count). The molecule has 0 aliphatic carbocycles. The van der Waals surface area contributed by atoms with Gasteiger partial charge in [-0.1, -0.05) is 66.6 Å². The van der Waals surface area contributed by atoms with Gasteiger partial charge in [0.25, 0.3) is 11.8 Å². The Labute approximate surface area is 276 Å². The van der Waals surface area contributed by atoms with E-state index in [2.05, 4.69) is 20.6 Å². The number of carbonyl (C=O) groups excluding carboxylic acids is 3. The third kappa shape index (κ3) is 6.99. The molecule has 2 amide bonds. The van der Waals surface area contributed by atoms with Crippen molar-refractivity contribution >= 4 is 56.9 Å². The molecule has 3 heterocycles. The van der Waals surface area contributed by atoms with E-state index in [4.69, 9.17) is 16.3 Å². The van der Waals surface area contributed by atoms with Gasteiger partial charge < -0.3 is 15.4 Å². The van der Waals surface area contributed by atoms with Crippen molar-refractivity contribution in [3.05, 3.63) is 112 Å². The number of fused-ring (bicyclic) bond motifs is 1. The number of benzene rings is 3. The van der Waals surface area contributed by atoms with Gasteiger partial charge in [0.05, 0.1) is 15.8 Å². The van der Waals surface area contributed by atoms with Crippen molar-refractivity contribution in [2.45, 2.75) is 45.2 Å². The van der Waals surface area contributed by atoms with E-state index in [-0.39, 0.29) is 17.6 Å². The van der Waals surface area contributed by atoms with Crippen LogP contribution in [-0.2, 0) is 12.1 Å². The third-order valence-electron chi connectivity index (χ3n) is 7.98.